The van der Waals surface area contributed by atoms with E-state index in [4.69, 9.17) is 0 Å². The number of Topliss-reactive ketones (excluding diaryl/α,β-unsaturated/α-hetero) is 1. The number of ketones is 1. The summed E-state index contributed by atoms with van der Waals surface area (Å²) in [6.07, 6.45) is -6.35. The summed E-state index contributed by atoms with van der Waals surface area (Å²) in [5.41, 5.74) is 0. The number of halogens is 3. The number of carbonyl (C=O) groups excluding carboxylic acids is 2. The fraction of sp³-hybridized carbons (Fsp3) is 0.667. The lowest BCUT2D eigenvalue weighted by molar-refractivity contribution is -0.156. The average Bonchev–Trinajstić information content (AvgIpc) is 2.02. The molecule has 0 N–H and O–H groups in total. The lowest BCUT2D eigenvalue weighted by Crippen LogP contribution is -2.32. The molecule has 3 nitrogen and oxygen atoms in total. The maximum absolute atomic E-state index is 12.3. The molecule has 0 bridgehead atoms. The van der Waals surface area contributed by atoms with Crippen LogP contribution in [0.5, 0.6) is 0 Å². The highest BCUT2D eigenvalue weighted by Crippen LogP contribution is 2.04. The summed E-state index contributed by atoms with van der Waals surface area (Å²) in [5, 5.41) is 0. The summed E-state index contributed by atoms with van der Waals surface area (Å²) in [6, 6.07) is 0. The molecule has 0 aromatic carbocycles. The molecular weight excluding hydrogens is 177 g/mol. The topological polar surface area (TPSA) is 43.4 Å². The Labute approximate surface area is 66.5 Å². The van der Waals surface area contributed by atoms with Gasteiger partial charge in [-0.3, -0.25) is 4.79 Å². The largest absolute Gasteiger partial charge is 0.463 e. The molecule has 0 amide bonds. The van der Waals surface area contributed by atoms with E-state index >= 15 is 0 Å². The van der Waals surface area contributed by atoms with Crippen molar-refractivity contribution in [2.75, 3.05) is 6.61 Å². The van der Waals surface area contributed by atoms with E-state index in [-0.39, 0.29) is 6.61 Å². The molecule has 1 unspecified atom stereocenters. The zero-order chi connectivity index (χ0) is 9.72. The van der Waals surface area contributed by atoms with Gasteiger partial charge in [-0.15, -0.1) is 0 Å². The minimum atomic E-state index is -3.48. The van der Waals surface area contributed by atoms with Crippen molar-refractivity contribution in [2.24, 2.45) is 0 Å². The van der Waals surface area contributed by atoms with E-state index in [9.17, 15) is 22.8 Å². The van der Waals surface area contributed by atoms with E-state index in [1.54, 1.807) is 0 Å². The molecule has 1 atom stereocenters. The number of carbonyl (C=O) groups is 2. The predicted molar refractivity (Wildman–Crippen MR) is 32.5 cm³/mol. The van der Waals surface area contributed by atoms with Crippen molar-refractivity contribution >= 4 is 11.8 Å². The molecule has 0 aliphatic carbocycles. The second-order valence-corrected chi connectivity index (χ2v) is 1.82. The Morgan fingerprint density at radius 3 is 2.17 bits per heavy atom. The van der Waals surface area contributed by atoms with Crippen LogP contribution < -0.4 is 0 Å². The van der Waals surface area contributed by atoms with E-state index in [0.29, 0.717) is 0 Å². The van der Waals surface area contributed by atoms with Crippen LogP contribution in [0.2, 0.25) is 0 Å². The number of esters is 1. The Hall–Kier alpha value is -1.07. The molecule has 0 aliphatic heterocycles. The molecule has 0 saturated heterocycles. The third-order valence-corrected chi connectivity index (χ3v) is 0.958. The summed E-state index contributed by atoms with van der Waals surface area (Å²) in [7, 11) is 0. The minimum absolute atomic E-state index is 0.157. The van der Waals surface area contributed by atoms with Gasteiger partial charge in [0, 0.05) is 0 Å². The first-order chi connectivity index (χ1) is 5.50. The fourth-order valence-corrected chi connectivity index (χ4v) is 0.442. The van der Waals surface area contributed by atoms with Crippen LogP contribution >= 0.6 is 0 Å². The maximum atomic E-state index is 12.3. The Morgan fingerprint density at radius 1 is 1.33 bits per heavy atom. The number of ether oxygens (including phenoxy) is 1. The van der Waals surface area contributed by atoms with Crippen LogP contribution in [0.15, 0.2) is 0 Å². The summed E-state index contributed by atoms with van der Waals surface area (Å²) in [4.78, 5) is 20.5. The van der Waals surface area contributed by atoms with Crippen molar-refractivity contribution in [3.63, 3.8) is 0 Å². The quantitative estimate of drug-likeness (QED) is 0.477. The van der Waals surface area contributed by atoms with Crippen molar-refractivity contribution in [1.82, 2.24) is 0 Å². The third kappa shape index (κ3) is 2.89. The van der Waals surface area contributed by atoms with E-state index < -0.39 is 24.3 Å². The summed E-state index contributed by atoms with van der Waals surface area (Å²) < 4.78 is 39.3. The lowest BCUT2D eigenvalue weighted by atomic mass is 10.2. The van der Waals surface area contributed by atoms with Gasteiger partial charge in [-0.2, -0.15) is 0 Å². The normalized spacial score (nSPS) is 12.8. The zero-order valence-corrected chi connectivity index (χ0v) is 6.22. The fourth-order valence-electron chi connectivity index (χ4n) is 0.442. The second-order valence-electron chi connectivity index (χ2n) is 1.82. The number of hydrogen-bond donors (Lipinski definition) is 0. The third-order valence-electron chi connectivity index (χ3n) is 0.958. The van der Waals surface area contributed by atoms with E-state index in [0.717, 1.165) is 0 Å². The number of hydrogen-bond acceptors (Lipinski definition) is 3. The summed E-state index contributed by atoms with van der Waals surface area (Å²) in [6.45, 7) is 1.22. The molecule has 0 rings (SSSR count). The van der Waals surface area contributed by atoms with Gasteiger partial charge in [-0.05, 0) is 6.92 Å². The molecule has 70 valence electrons. The lowest BCUT2D eigenvalue weighted by Gasteiger charge is -2.04. The van der Waals surface area contributed by atoms with Crippen LogP contribution in [-0.4, -0.2) is 31.0 Å². The molecule has 0 heterocycles. The van der Waals surface area contributed by atoms with Gasteiger partial charge in [0.2, 0.25) is 5.78 Å². The Balaban J connectivity index is 4.10. The van der Waals surface area contributed by atoms with Gasteiger partial charge in [0.1, 0.15) is 0 Å². The van der Waals surface area contributed by atoms with Gasteiger partial charge in [-0.25, -0.2) is 18.0 Å². The Morgan fingerprint density at radius 2 is 1.83 bits per heavy atom. The first-order valence-corrected chi connectivity index (χ1v) is 3.13. The van der Waals surface area contributed by atoms with Crippen LogP contribution in [0.1, 0.15) is 6.92 Å². The first kappa shape index (κ1) is 10.9. The first-order valence-electron chi connectivity index (χ1n) is 3.13. The van der Waals surface area contributed by atoms with Gasteiger partial charge < -0.3 is 4.74 Å². The molecule has 0 radical (unpaired) electrons. The van der Waals surface area contributed by atoms with Crippen LogP contribution in [0.4, 0.5) is 13.2 Å². The average molecular weight is 184 g/mol. The van der Waals surface area contributed by atoms with E-state index in [1.807, 2.05) is 0 Å². The highest BCUT2D eigenvalue weighted by atomic mass is 19.3. The molecule has 6 heteroatoms. The standard InChI is InChI=1S/C6H7F3O3/c1-2-12-6(11)3(7)4(10)5(8)9/h3,5H,2H2,1H3. The molecule has 0 aromatic rings. The van der Waals surface area contributed by atoms with Crippen molar-refractivity contribution in [1.29, 1.82) is 0 Å². The van der Waals surface area contributed by atoms with Crippen LogP contribution in [0.3, 0.4) is 0 Å². The van der Waals surface area contributed by atoms with Crippen LogP contribution in [-0.2, 0) is 14.3 Å². The summed E-state index contributed by atoms with van der Waals surface area (Å²) >= 11 is 0. The van der Waals surface area contributed by atoms with Gasteiger partial charge in [0.25, 0.3) is 12.6 Å². The van der Waals surface area contributed by atoms with E-state index in [2.05, 4.69) is 4.74 Å². The van der Waals surface area contributed by atoms with Gasteiger partial charge in [0.15, 0.2) is 0 Å². The summed E-state index contributed by atoms with van der Waals surface area (Å²) in [5.74, 6) is -3.63. The van der Waals surface area contributed by atoms with Crippen molar-refractivity contribution in [3.05, 3.63) is 0 Å². The second kappa shape index (κ2) is 4.74. The zero-order valence-electron chi connectivity index (χ0n) is 6.22. The van der Waals surface area contributed by atoms with Crippen LogP contribution in [0.25, 0.3) is 0 Å². The molecular formula is C6H7F3O3. The van der Waals surface area contributed by atoms with Gasteiger partial charge in [0.05, 0.1) is 6.61 Å². The van der Waals surface area contributed by atoms with Gasteiger partial charge in [-0.1, -0.05) is 0 Å². The maximum Gasteiger partial charge on any atom is 0.348 e. The molecule has 0 fully saturated rings. The monoisotopic (exact) mass is 184 g/mol. The highest BCUT2D eigenvalue weighted by Gasteiger charge is 2.33. The van der Waals surface area contributed by atoms with Crippen molar-refractivity contribution in [2.45, 2.75) is 19.5 Å². The smallest absolute Gasteiger partial charge is 0.348 e. The SMILES string of the molecule is CCOC(=O)C(F)C(=O)C(F)F. The molecule has 0 saturated carbocycles. The predicted octanol–water partition coefficient (Wildman–Crippen LogP) is 0.722. The minimum Gasteiger partial charge on any atom is -0.463 e. The number of alkyl halides is 3. The van der Waals surface area contributed by atoms with Crippen molar-refractivity contribution in [3.8, 4) is 0 Å². The Bertz CT molecular complexity index is 181. The van der Waals surface area contributed by atoms with Crippen LogP contribution in [0, 0.1) is 0 Å². The number of rotatable bonds is 4. The molecule has 0 aliphatic rings. The van der Waals surface area contributed by atoms with Gasteiger partial charge >= 0.3 is 5.97 Å². The molecule has 0 spiro atoms. The molecule has 0 aromatic heterocycles. The Kier molecular flexibility index (Phi) is 4.31. The van der Waals surface area contributed by atoms with E-state index in [1.165, 1.54) is 6.92 Å². The van der Waals surface area contributed by atoms with Crippen molar-refractivity contribution < 1.29 is 27.5 Å². The molecule has 12 heavy (non-hydrogen) atoms. The highest BCUT2D eigenvalue weighted by molar-refractivity contribution is 6.03.